The van der Waals surface area contributed by atoms with Gasteiger partial charge in [0.25, 0.3) is 0 Å². The van der Waals surface area contributed by atoms with E-state index in [1.165, 1.54) is 16.2 Å². The average molecular weight is 377 g/mol. The zero-order valence-electron chi connectivity index (χ0n) is 15.6. The quantitative estimate of drug-likeness (QED) is 0.868. The molecular formula is C19H28N4O2S. The molecule has 0 radical (unpaired) electrons. The maximum atomic E-state index is 10.1. The molecule has 4 rings (SSSR count). The van der Waals surface area contributed by atoms with E-state index >= 15 is 0 Å². The van der Waals surface area contributed by atoms with Crippen molar-refractivity contribution in [1.29, 1.82) is 0 Å². The first-order chi connectivity index (χ1) is 12.5. The van der Waals surface area contributed by atoms with Crippen LogP contribution in [0.15, 0.2) is 18.3 Å². The minimum atomic E-state index is -0.932. The molecular weight excluding hydrogens is 348 g/mol. The maximum absolute atomic E-state index is 10.1. The molecule has 142 valence electrons. The highest BCUT2D eigenvalue weighted by Gasteiger charge is 2.26. The molecule has 7 heteroatoms. The molecule has 4 heterocycles. The second-order valence-electron chi connectivity index (χ2n) is 7.96. The minimum Gasteiger partial charge on any atom is -0.384 e. The monoisotopic (exact) mass is 376 g/mol. The van der Waals surface area contributed by atoms with Crippen LogP contribution >= 0.6 is 11.3 Å². The van der Waals surface area contributed by atoms with Gasteiger partial charge in [0, 0.05) is 36.0 Å². The normalized spacial score (nSPS) is 23.0. The van der Waals surface area contributed by atoms with Crippen molar-refractivity contribution in [2.75, 3.05) is 19.7 Å². The molecule has 2 aromatic rings. The SMILES string of the molecule is CC(C)(O)c1cn(C2CCN(Cc3ccc([C@@H]4CCCO4)s3)CC2)nn1. The summed E-state index contributed by atoms with van der Waals surface area (Å²) in [6.45, 7) is 7.55. The number of hydrogen-bond donors (Lipinski definition) is 1. The summed E-state index contributed by atoms with van der Waals surface area (Å²) in [4.78, 5) is 5.34. The van der Waals surface area contributed by atoms with Crippen molar-refractivity contribution in [3.05, 3.63) is 33.8 Å². The molecule has 0 amide bonds. The highest BCUT2D eigenvalue weighted by atomic mass is 32.1. The summed E-state index contributed by atoms with van der Waals surface area (Å²) in [7, 11) is 0. The van der Waals surface area contributed by atoms with E-state index in [1.54, 1.807) is 13.8 Å². The van der Waals surface area contributed by atoms with Gasteiger partial charge in [0.1, 0.15) is 11.3 Å². The summed E-state index contributed by atoms with van der Waals surface area (Å²) < 4.78 is 7.73. The lowest BCUT2D eigenvalue weighted by Crippen LogP contribution is -2.34. The summed E-state index contributed by atoms with van der Waals surface area (Å²) in [5.41, 5.74) is -0.293. The maximum Gasteiger partial charge on any atom is 0.114 e. The lowest BCUT2D eigenvalue weighted by atomic mass is 10.0. The molecule has 0 spiro atoms. The van der Waals surface area contributed by atoms with E-state index in [0.717, 1.165) is 45.5 Å². The van der Waals surface area contributed by atoms with E-state index < -0.39 is 5.60 Å². The standard InChI is InChI=1S/C19H28N4O2S/c1-19(2,24)18-13-23(21-20-18)14-7-9-22(10-8-14)12-15-5-6-17(26-15)16-4-3-11-25-16/h5-6,13-14,16,24H,3-4,7-12H2,1-2H3/t16-/m0/s1. The van der Waals surface area contributed by atoms with Crippen LogP contribution in [0, 0.1) is 0 Å². The van der Waals surface area contributed by atoms with Gasteiger partial charge < -0.3 is 9.84 Å². The second-order valence-corrected chi connectivity index (χ2v) is 9.16. The molecule has 0 saturated carbocycles. The number of thiophene rings is 1. The van der Waals surface area contributed by atoms with Gasteiger partial charge in [-0.2, -0.15) is 0 Å². The molecule has 2 aromatic heterocycles. The Morgan fingerprint density at radius 1 is 1.27 bits per heavy atom. The number of aliphatic hydroxyl groups is 1. The highest BCUT2D eigenvalue weighted by molar-refractivity contribution is 7.12. The summed E-state index contributed by atoms with van der Waals surface area (Å²) >= 11 is 1.91. The van der Waals surface area contributed by atoms with E-state index in [2.05, 4.69) is 27.3 Å². The Bertz CT molecular complexity index is 722. The van der Waals surface area contributed by atoms with Crippen LogP contribution in [0.5, 0.6) is 0 Å². The number of likely N-dealkylation sites (tertiary alicyclic amines) is 1. The predicted octanol–water partition coefficient (Wildman–Crippen LogP) is 3.26. The summed E-state index contributed by atoms with van der Waals surface area (Å²) in [6, 6.07) is 4.89. The van der Waals surface area contributed by atoms with Gasteiger partial charge in [-0.3, -0.25) is 4.90 Å². The molecule has 2 aliphatic heterocycles. The van der Waals surface area contributed by atoms with Gasteiger partial charge in [-0.25, -0.2) is 4.68 Å². The molecule has 1 N–H and O–H groups in total. The van der Waals surface area contributed by atoms with Crippen LogP contribution in [0.3, 0.4) is 0 Å². The van der Waals surface area contributed by atoms with Crippen LogP contribution in [0.1, 0.15) is 67.1 Å². The van der Waals surface area contributed by atoms with E-state index in [1.807, 2.05) is 22.2 Å². The zero-order chi connectivity index (χ0) is 18.1. The van der Waals surface area contributed by atoms with E-state index in [4.69, 9.17) is 4.74 Å². The largest absolute Gasteiger partial charge is 0.384 e. The molecule has 0 aromatic carbocycles. The second kappa shape index (κ2) is 7.38. The Hall–Kier alpha value is -1.28. The van der Waals surface area contributed by atoms with Crippen LogP contribution in [0.2, 0.25) is 0 Å². The predicted molar refractivity (Wildman–Crippen MR) is 101 cm³/mol. The molecule has 2 fully saturated rings. The Morgan fingerprint density at radius 3 is 2.73 bits per heavy atom. The Labute approximate surface area is 158 Å². The third-order valence-electron chi connectivity index (χ3n) is 5.38. The van der Waals surface area contributed by atoms with Gasteiger partial charge >= 0.3 is 0 Å². The van der Waals surface area contributed by atoms with Crippen molar-refractivity contribution in [3.8, 4) is 0 Å². The van der Waals surface area contributed by atoms with Crippen LogP contribution < -0.4 is 0 Å². The number of aromatic nitrogens is 3. The Balaban J connectivity index is 1.30. The lowest BCUT2D eigenvalue weighted by molar-refractivity contribution is 0.0736. The zero-order valence-corrected chi connectivity index (χ0v) is 16.4. The highest BCUT2D eigenvalue weighted by Crippen LogP contribution is 2.34. The van der Waals surface area contributed by atoms with Crippen molar-refractivity contribution >= 4 is 11.3 Å². The van der Waals surface area contributed by atoms with Crippen molar-refractivity contribution < 1.29 is 9.84 Å². The Kier molecular flexibility index (Phi) is 5.14. The minimum absolute atomic E-state index is 0.330. The Morgan fingerprint density at radius 2 is 2.08 bits per heavy atom. The first kappa shape index (κ1) is 18.1. The lowest BCUT2D eigenvalue weighted by Gasteiger charge is -2.31. The fraction of sp³-hybridized carbons (Fsp3) is 0.684. The van der Waals surface area contributed by atoms with Crippen molar-refractivity contribution in [2.24, 2.45) is 0 Å². The molecule has 0 unspecified atom stereocenters. The molecule has 26 heavy (non-hydrogen) atoms. The number of rotatable bonds is 5. The van der Waals surface area contributed by atoms with E-state index in [0.29, 0.717) is 17.8 Å². The van der Waals surface area contributed by atoms with Gasteiger partial charge in [-0.1, -0.05) is 5.21 Å². The van der Waals surface area contributed by atoms with Crippen molar-refractivity contribution in [1.82, 2.24) is 19.9 Å². The van der Waals surface area contributed by atoms with Crippen LogP contribution in [-0.2, 0) is 16.9 Å². The molecule has 0 bridgehead atoms. The van der Waals surface area contributed by atoms with Crippen molar-refractivity contribution in [3.63, 3.8) is 0 Å². The first-order valence-corrected chi connectivity index (χ1v) is 10.4. The van der Waals surface area contributed by atoms with Gasteiger partial charge in [-0.15, -0.1) is 16.4 Å². The number of piperidine rings is 1. The molecule has 1 atom stereocenters. The molecule has 2 aliphatic rings. The number of ether oxygens (including phenoxy) is 1. The van der Waals surface area contributed by atoms with Crippen LogP contribution in [0.25, 0.3) is 0 Å². The molecule has 2 saturated heterocycles. The van der Waals surface area contributed by atoms with Crippen LogP contribution in [0.4, 0.5) is 0 Å². The summed E-state index contributed by atoms with van der Waals surface area (Å²) in [5.74, 6) is 0. The van der Waals surface area contributed by atoms with Crippen molar-refractivity contribution in [2.45, 2.75) is 63.8 Å². The third-order valence-corrected chi connectivity index (χ3v) is 6.54. The summed E-state index contributed by atoms with van der Waals surface area (Å²) in [6.07, 6.45) is 6.71. The van der Waals surface area contributed by atoms with Crippen LogP contribution in [-0.4, -0.2) is 44.7 Å². The number of nitrogens with zero attached hydrogens (tertiary/aromatic N) is 4. The van der Waals surface area contributed by atoms with Gasteiger partial charge in [0.2, 0.25) is 0 Å². The average Bonchev–Trinajstić information content (AvgIpc) is 3.36. The van der Waals surface area contributed by atoms with Gasteiger partial charge in [0.05, 0.1) is 18.3 Å². The smallest absolute Gasteiger partial charge is 0.114 e. The molecule has 0 aliphatic carbocycles. The van der Waals surface area contributed by atoms with E-state index in [-0.39, 0.29) is 0 Å². The van der Waals surface area contributed by atoms with Gasteiger partial charge in [-0.05, 0) is 51.7 Å². The van der Waals surface area contributed by atoms with E-state index in [9.17, 15) is 5.11 Å². The third kappa shape index (κ3) is 4.01. The fourth-order valence-electron chi connectivity index (χ4n) is 3.75. The first-order valence-electron chi connectivity index (χ1n) is 9.56. The molecule has 6 nitrogen and oxygen atoms in total. The number of hydrogen-bond acceptors (Lipinski definition) is 6. The summed E-state index contributed by atoms with van der Waals surface area (Å²) in [5, 5.41) is 18.4. The topological polar surface area (TPSA) is 63.4 Å². The van der Waals surface area contributed by atoms with Gasteiger partial charge in [0.15, 0.2) is 0 Å². The fourth-order valence-corrected chi connectivity index (χ4v) is 4.89.